The Hall–Kier alpha value is -2.41. The summed E-state index contributed by atoms with van der Waals surface area (Å²) in [5.41, 5.74) is 0.786. The molecule has 0 radical (unpaired) electrons. The van der Waals surface area contributed by atoms with Crippen molar-refractivity contribution in [2.24, 2.45) is 0 Å². The van der Waals surface area contributed by atoms with Gasteiger partial charge in [-0.2, -0.15) is 0 Å². The Bertz CT molecular complexity index is 666. The highest BCUT2D eigenvalue weighted by Crippen LogP contribution is 2.24. The predicted molar refractivity (Wildman–Crippen MR) is 74.3 cm³/mol. The number of aryl methyl sites for hydroxylation is 1. The molecule has 0 unspecified atom stereocenters. The molecular weight excluding hydrogens is 280 g/mol. The molecule has 0 atom stereocenters. The van der Waals surface area contributed by atoms with Gasteiger partial charge in [0.25, 0.3) is 0 Å². The molecule has 2 aromatic rings. The minimum absolute atomic E-state index is 0.0457. The number of anilines is 1. The van der Waals surface area contributed by atoms with Gasteiger partial charge in [0.05, 0.1) is 28.4 Å². The Morgan fingerprint density at radius 2 is 2.15 bits per heavy atom. The summed E-state index contributed by atoms with van der Waals surface area (Å²) >= 11 is 1.46. The summed E-state index contributed by atoms with van der Waals surface area (Å²) in [5, 5.41) is 23.6. The van der Waals surface area contributed by atoms with E-state index in [1.165, 1.54) is 23.5 Å². The second-order valence-electron chi connectivity index (χ2n) is 4.12. The van der Waals surface area contributed by atoms with Gasteiger partial charge < -0.3 is 15.5 Å². The third kappa shape index (κ3) is 3.33. The molecule has 0 bridgehead atoms. The number of hydrogen-bond donors (Lipinski definition) is 3. The average molecular weight is 292 g/mol. The standard InChI is InChI=1S/C13H12N2O4S/c1-7-14-9(6-20-7)5-12(17)15-10-3-2-8(13(18)19)4-11(10)16/h2-4,6,16H,5H2,1H3,(H,15,17)(H,18,19). The van der Waals surface area contributed by atoms with Gasteiger partial charge in [-0.15, -0.1) is 11.3 Å². The number of aromatic carboxylic acids is 1. The normalized spacial score (nSPS) is 10.2. The second-order valence-corrected chi connectivity index (χ2v) is 5.18. The highest BCUT2D eigenvalue weighted by molar-refractivity contribution is 7.09. The Kier molecular flexibility index (Phi) is 3.99. The Morgan fingerprint density at radius 3 is 2.70 bits per heavy atom. The minimum atomic E-state index is -1.14. The molecule has 2 rings (SSSR count). The summed E-state index contributed by atoms with van der Waals surface area (Å²) in [6, 6.07) is 3.75. The number of phenols is 1. The van der Waals surface area contributed by atoms with Crippen molar-refractivity contribution in [2.75, 3.05) is 5.32 Å². The molecule has 1 amide bonds. The van der Waals surface area contributed by atoms with E-state index in [9.17, 15) is 14.7 Å². The van der Waals surface area contributed by atoms with E-state index in [0.717, 1.165) is 11.1 Å². The van der Waals surface area contributed by atoms with Gasteiger partial charge in [-0.25, -0.2) is 9.78 Å². The monoisotopic (exact) mass is 292 g/mol. The number of nitrogens with zero attached hydrogens (tertiary/aromatic N) is 1. The zero-order chi connectivity index (χ0) is 14.7. The van der Waals surface area contributed by atoms with Gasteiger partial charge >= 0.3 is 5.97 Å². The number of rotatable bonds is 4. The van der Waals surface area contributed by atoms with Crippen LogP contribution in [0.25, 0.3) is 0 Å². The van der Waals surface area contributed by atoms with Crippen molar-refractivity contribution in [3.05, 3.63) is 39.8 Å². The smallest absolute Gasteiger partial charge is 0.335 e. The number of phenolic OH excluding ortho intramolecular Hbond substituents is 1. The van der Waals surface area contributed by atoms with Crippen LogP contribution in [-0.2, 0) is 11.2 Å². The number of aromatic nitrogens is 1. The largest absolute Gasteiger partial charge is 0.506 e. The minimum Gasteiger partial charge on any atom is -0.506 e. The molecule has 0 aliphatic heterocycles. The van der Waals surface area contributed by atoms with Crippen LogP contribution in [-0.4, -0.2) is 27.1 Å². The van der Waals surface area contributed by atoms with Crippen molar-refractivity contribution < 1.29 is 19.8 Å². The lowest BCUT2D eigenvalue weighted by Crippen LogP contribution is -2.15. The van der Waals surface area contributed by atoms with Gasteiger partial charge in [0, 0.05) is 5.38 Å². The number of nitrogens with one attached hydrogen (secondary N) is 1. The third-order valence-electron chi connectivity index (χ3n) is 2.53. The van der Waals surface area contributed by atoms with E-state index in [4.69, 9.17) is 5.11 Å². The number of aromatic hydroxyl groups is 1. The van der Waals surface area contributed by atoms with E-state index in [2.05, 4.69) is 10.3 Å². The molecule has 3 N–H and O–H groups in total. The topological polar surface area (TPSA) is 99.5 Å². The van der Waals surface area contributed by atoms with E-state index < -0.39 is 5.97 Å². The van der Waals surface area contributed by atoms with Crippen LogP contribution in [0, 0.1) is 6.92 Å². The first-order valence-electron chi connectivity index (χ1n) is 5.73. The van der Waals surface area contributed by atoms with Crippen molar-refractivity contribution in [1.29, 1.82) is 0 Å². The molecule has 0 aliphatic rings. The number of benzene rings is 1. The van der Waals surface area contributed by atoms with Crippen LogP contribution < -0.4 is 5.32 Å². The molecule has 0 fully saturated rings. The first-order chi connectivity index (χ1) is 9.45. The molecular formula is C13H12N2O4S. The average Bonchev–Trinajstić information content (AvgIpc) is 2.77. The van der Waals surface area contributed by atoms with Gasteiger partial charge in [-0.05, 0) is 25.1 Å². The zero-order valence-corrected chi connectivity index (χ0v) is 11.4. The van der Waals surface area contributed by atoms with Crippen molar-refractivity contribution in [3.8, 4) is 5.75 Å². The summed E-state index contributed by atoms with van der Waals surface area (Å²) in [6.07, 6.45) is 0.102. The van der Waals surface area contributed by atoms with Gasteiger partial charge in [-0.1, -0.05) is 0 Å². The predicted octanol–water partition coefficient (Wildman–Crippen LogP) is 2.04. The highest BCUT2D eigenvalue weighted by atomic mass is 32.1. The van der Waals surface area contributed by atoms with Crippen LogP contribution in [0.3, 0.4) is 0 Å². The number of carbonyl (C=O) groups is 2. The molecule has 20 heavy (non-hydrogen) atoms. The van der Waals surface area contributed by atoms with Crippen LogP contribution in [0.1, 0.15) is 21.1 Å². The Balaban J connectivity index is 2.06. The zero-order valence-electron chi connectivity index (χ0n) is 10.6. The first kappa shape index (κ1) is 14.0. The SMILES string of the molecule is Cc1nc(CC(=O)Nc2ccc(C(=O)O)cc2O)cs1. The molecule has 1 heterocycles. The molecule has 7 heteroatoms. The maximum Gasteiger partial charge on any atom is 0.335 e. The van der Waals surface area contributed by atoms with Crippen molar-refractivity contribution >= 4 is 28.9 Å². The Morgan fingerprint density at radius 1 is 1.40 bits per heavy atom. The number of carbonyl (C=O) groups excluding carboxylic acids is 1. The molecule has 1 aromatic carbocycles. The number of amides is 1. The lowest BCUT2D eigenvalue weighted by molar-refractivity contribution is -0.115. The van der Waals surface area contributed by atoms with Crippen LogP contribution in [0.4, 0.5) is 5.69 Å². The van der Waals surface area contributed by atoms with Crippen molar-refractivity contribution in [1.82, 2.24) is 4.98 Å². The highest BCUT2D eigenvalue weighted by Gasteiger charge is 2.11. The molecule has 0 aliphatic carbocycles. The number of carboxylic acid groups (broad SMARTS) is 1. The Labute approximate surface area is 118 Å². The molecule has 6 nitrogen and oxygen atoms in total. The lowest BCUT2D eigenvalue weighted by Gasteiger charge is -2.07. The van der Waals surface area contributed by atoms with Crippen LogP contribution >= 0.6 is 11.3 Å². The van der Waals surface area contributed by atoms with Crippen LogP contribution in [0.15, 0.2) is 23.6 Å². The van der Waals surface area contributed by atoms with Gasteiger partial charge in [0.15, 0.2) is 0 Å². The van der Waals surface area contributed by atoms with Gasteiger partial charge in [-0.3, -0.25) is 4.79 Å². The van der Waals surface area contributed by atoms with Gasteiger partial charge in [0.1, 0.15) is 5.75 Å². The summed E-state index contributed by atoms with van der Waals surface area (Å²) in [5.74, 6) is -1.75. The van der Waals surface area contributed by atoms with Gasteiger partial charge in [0.2, 0.25) is 5.91 Å². The van der Waals surface area contributed by atoms with E-state index >= 15 is 0 Å². The summed E-state index contributed by atoms with van der Waals surface area (Å²) in [4.78, 5) is 26.7. The number of thiazole rings is 1. The summed E-state index contributed by atoms with van der Waals surface area (Å²) in [6.45, 7) is 1.85. The first-order valence-corrected chi connectivity index (χ1v) is 6.61. The second kappa shape index (κ2) is 5.70. The lowest BCUT2D eigenvalue weighted by atomic mass is 10.2. The molecule has 104 valence electrons. The van der Waals surface area contributed by atoms with Crippen LogP contribution in [0.5, 0.6) is 5.75 Å². The van der Waals surface area contributed by atoms with Crippen LogP contribution in [0.2, 0.25) is 0 Å². The fraction of sp³-hybridized carbons (Fsp3) is 0.154. The van der Waals surface area contributed by atoms with Crippen molar-refractivity contribution in [2.45, 2.75) is 13.3 Å². The molecule has 0 saturated carbocycles. The van der Waals surface area contributed by atoms with E-state index in [-0.39, 0.29) is 29.3 Å². The molecule has 0 saturated heterocycles. The molecule has 0 spiro atoms. The van der Waals surface area contributed by atoms with E-state index in [1.54, 1.807) is 5.38 Å². The molecule has 1 aromatic heterocycles. The van der Waals surface area contributed by atoms with E-state index in [0.29, 0.717) is 5.69 Å². The van der Waals surface area contributed by atoms with Crippen molar-refractivity contribution in [3.63, 3.8) is 0 Å². The summed E-state index contributed by atoms with van der Waals surface area (Å²) in [7, 11) is 0. The third-order valence-corrected chi connectivity index (χ3v) is 3.35. The number of carboxylic acids is 1. The fourth-order valence-electron chi connectivity index (χ4n) is 1.62. The van der Waals surface area contributed by atoms with E-state index in [1.807, 2.05) is 6.92 Å². The quantitative estimate of drug-likeness (QED) is 0.749. The maximum absolute atomic E-state index is 11.8. The maximum atomic E-state index is 11.8. The fourth-order valence-corrected chi connectivity index (χ4v) is 2.23. The number of hydrogen-bond acceptors (Lipinski definition) is 5. The summed E-state index contributed by atoms with van der Waals surface area (Å²) < 4.78 is 0.